The zero-order valence-corrected chi connectivity index (χ0v) is 12.2. The van der Waals surface area contributed by atoms with Gasteiger partial charge in [-0.05, 0) is 12.5 Å². The largest absolute Gasteiger partial charge is 0.352 e. The van der Waals surface area contributed by atoms with E-state index in [0.29, 0.717) is 0 Å². The van der Waals surface area contributed by atoms with E-state index in [1.165, 1.54) is 25.7 Å². The first-order chi connectivity index (χ1) is 9.33. The van der Waals surface area contributed by atoms with Gasteiger partial charge >= 0.3 is 0 Å². The average molecular weight is 260 g/mol. The smallest absolute Gasteiger partial charge is 0.184 e. The molecule has 0 radical (unpaired) electrons. The van der Waals surface area contributed by atoms with Crippen molar-refractivity contribution in [2.75, 3.05) is 14.2 Å². The van der Waals surface area contributed by atoms with Crippen molar-refractivity contribution in [2.45, 2.75) is 45.3 Å². The molecule has 2 nitrogen and oxygen atoms in total. The van der Waals surface area contributed by atoms with Crippen molar-refractivity contribution in [3.63, 3.8) is 0 Å². The quantitative estimate of drug-likeness (QED) is 0.413. The molecule has 1 rings (SSSR count). The van der Waals surface area contributed by atoms with Crippen molar-refractivity contribution in [3.8, 4) is 11.8 Å². The fourth-order valence-electron chi connectivity index (χ4n) is 1.96. The van der Waals surface area contributed by atoms with E-state index in [2.05, 4.69) is 18.8 Å². The van der Waals surface area contributed by atoms with Crippen LogP contribution in [0, 0.1) is 11.8 Å². The number of unbranched alkanes of at least 4 members (excludes halogenated alkanes) is 4. The topological polar surface area (TPSA) is 18.5 Å². The number of methoxy groups -OCH3 is 2. The predicted octanol–water partition coefficient (Wildman–Crippen LogP) is 4.30. The van der Waals surface area contributed by atoms with E-state index in [1.807, 2.05) is 24.3 Å². The molecule has 104 valence electrons. The average Bonchev–Trinajstić information content (AvgIpc) is 2.45. The third-order valence-corrected chi connectivity index (χ3v) is 3.02. The standard InChI is InChI=1S/C17H24O2/c1-4-5-6-7-8-9-12-15-13-10-11-14-16(15)17(18-2)19-3/h10-11,13-14,17H,4-8H2,1-3H3. The third kappa shape index (κ3) is 5.46. The SMILES string of the molecule is CCCCCCC#Cc1ccccc1C(OC)OC. The van der Waals surface area contributed by atoms with Gasteiger partial charge in [-0.1, -0.05) is 56.2 Å². The first-order valence-electron chi connectivity index (χ1n) is 6.96. The molecule has 0 spiro atoms. The van der Waals surface area contributed by atoms with Gasteiger partial charge < -0.3 is 9.47 Å². The van der Waals surface area contributed by atoms with Gasteiger partial charge in [-0.2, -0.15) is 0 Å². The second kappa shape index (κ2) is 9.61. The highest BCUT2D eigenvalue weighted by atomic mass is 16.7. The van der Waals surface area contributed by atoms with Gasteiger partial charge in [0.15, 0.2) is 6.29 Å². The van der Waals surface area contributed by atoms with Crippen molar-refractivity contribution in [2.24, 2.45) is 0 Å². The number of hydrogen-bond acceptors (Lipinski definition) is 2. The molecule has 1 aromatic rings. The first-order valence-corrected chi connectivity index (χ1v) is 6.96. The van der Waals surface area contributed by atoms with Crippen molar-refractivity contribution in [1.82, 2.24) is 0 Å². The molecule has 0 aliphatic carbocycles. The van der Waals surface area contributed by atoms with Crippen LogP contribution in [0.25, 0.3) is 0 Å². The molecule has 0 atom stereocenters. The minimum atomic E-state index is -0.342. The van der Waals surface area contributed by atoms with Crippen LogP contribution < -0.4 is 0 Å². The van der Waals surface area contributed by atoms with Gasteiger partial charge in [0, 0.05) is 31.8 Å². The highest BCUT2D eigenvalue weighted by Crippen LogP contribution is 2.20. The van der Waals surface area contributed by atoms with Crippen LogP contribution in [0.4, 0.5) is 0 Å². The lowest BCUT2D eigenvalue weighted by Crippen LogP contribution is -2.05. The summed E-state index contributed by atoms with van der Waals surface area (Å²) in [6.45, 7) is 2.22. The van der Waals surface area contributed by atoms with E-state index in [0.717, 1.165) is 17.5 Å². The normalized spacial score (nSPS) is 10.3. The van der Waals surface area contributed by atoms with Crippen LogP contribution in [-0.2, 0) is 9.47 Å². The Labute approximate surface area is 117 Å². The van der Waals surface area contributed by atoms with Gasteiger partial charge in [0.25, 0.3) is 0 Å². The van der Waals surface area contributed by atoms with Crippen molar-refractivity contribution in [3.05, 3.63) is 35.4 Å². The highest BCUT2D eigenvalue weighted by Gasteiger charge is 2.11. The number of ether oxygens (including phenoxy) is 2. The molecule has 0 aromatic heterocycles. The Kier molecular flexibility index (Phi) is 7.97. The third-order valence-electron chi connectivity index (χ3n) is 3.02. The maximum absolute atomic E-state index is 5.30. The lowest BCUT2D eigenvalue weighted by atomic mass is 10.1. The Balaban J connectivity index is 2.65. The van der Waals surface area contributed by atoms with Crippen LogP contribution in [-0.4, -0.2) is 14.2 Å². The van der Waals surface area contributed by atoms with E-state index in [1.54, 1.807) is 14.2 Å². The van der Waals surface area contributed by atoms with Gasteiger partial charge in [-0.15, -0.1) is 0 Å². The zero-order chi connectivity index (χ0) is 13.9. The van der Waals surface area contributed by atoms with E-state index >= 15 is 0 Å². The molecule has 19 heavy (non-hydrogen) atoms. The molecule has 2 heteroatoms. The van der Waals surface area contributed by atoms with Gasteiger partial charge in [0.2, 0.25) is 0 Å². The summed E-state index contributed by atoms with van der Waals surface area (Å²) >= 11 is 0. The summed E-state index contributed by atoms with van der Waals surface area (Å²) in [5.41, 5.74) is 1.99. The zero-order valence-electron chi connectivity index (χ0n) is 12.2. The van der Waals surface area contributed by atoms with Crippen LogP contribution in [0.15, 0.2) is 24.3 Å². The molecule has 0 saturated heterocycles. The molecule has 1 aromatic carbocycles. The van der Waals surface area contributed by atoms with Gasteiger partial charge in [-0.25, -0.2) is 0 Å². The maximum Gasteiger partial charge on any atom is 0.184 e. The summed E-state index contributed by atoms with van der Waals surface area (Å²) in [6.07, 6.45) is 5.63. The molecule has 0 aliphatic rings. The molecule has 0 unspecified atom stereocenters. The first kappa shape index (κ1) is 15.8. The Morgan fingerprint density at radius 2 is 1.79 bits per heavy atom. The summed E-state index contributed by atoms with van der Waals surface area (Å²) in [4.78, 5) is 0. The molecule has 0 amide bonds. The van der Waals surface area contributed by atoms with Crippen molar-refractivity contribution in [1.29, 1.82) is 0 Å². The van der Waals surface area contributed by atoms with Crippen LogP contribution >= 0.6 is 0 Å². The summed E-state index contributed by atoms with van der Waals surface area (Å²) in [5, 5.41) is 0. The summed E-state index contributed by atoms with van der Waals surface area (Å²) in [6, 6.07) is 7.98. The summed E-state index contributed by atoms with van der Waals surface area (Å²) < 4.78 is 10.6. The Morgan fingerprint density at radius 3 is 2.47 bits per heavy atom. The molecule has 0 aliphatic heterocycles. The summed E-state index contributed by atoms with van der Waals surface area (Å²) in [7, 11) is 3.28. The van der Waals surface area contributed by atoms with Crippen LogP contribution in [0.2, 0.25) is 0 Å². The van der Waals surface area contributed by atoms with Crippen LogP contribution in [0.3, 0.4) is 0 Å². The lowest BCUT2D eigenvalue weighted by Gasteiger charge is -2.15. The van der Waals surface area contributed by atoms with Crippen molar-refractivity contribution < 1.29 is 9.47 Å². The minimum absolute atomic E-state index is 0.342. The number of rotatable bonds is 7. The Hall–Kier alpha value is -1.30. The monoisotopic (exact) mass is 260 g/mol. The molecule has 0 bridgehead atoms. The van der Waals surface area contributed by atoms with E-state index in [9.17, 15) is 0 Å². The number of benzene rings is 1. The Bertz CT molecular complexity index is 411. The fraction of sp³-hybridized carbons (Fsp3) is 0.529. The lowest BCUT2D eigenvalue weighted by molar-refractivity contribution is -0.106. The fourth-order valence-corrected chi connectivity index (χ4v) is 1.96. The summed E-state index contributed by atoms with van der Waals surface area (Å²) in [5.74, 6) is 6.47. The Morgan fingerprint density at radius 1 is 1.05 bits per heavy atom. The second-order valence-electron chi connectivity index (χ2n) is 4.50. The molecule has 0 N–H and O–H groups in total. The predicted molar refractivity (Wildman–Crippen MR) is 78.8 cm³/mol. The molecular formula is C17H24O2. The van der Waals surface area contributed by atoms with Crippen LogP contribution in [0.1, 0.15) is 56.4 Å². The molecule has 0 saturated carbocycles. The van der Waals surface area contributed by atoms with E-state index in [-0.39, 0.29) is 6.29 Å². The van der Waals surface area contributed by atoms with Gasteiger partial charge in [0.05, 0.1) is 0 Å². The molecule has 0 heterocycles. The van der Waals surface area contributed by atoms with Crippen LogP contribution in [0.5, 0.6) is 0 Å². The maximum atomic E-state index is 5.30. The minimum Gasteiger partial charge on any atom is -0.352 e. The second-order valence-corrected chi connectivity index (χ2v) is 4.50. The van der Waals surface area contributed by atoms with E-state index in [4.69, 9.17) is 9.47 Å². The van der Waals surface area contributed by atoms with Gasteiger partial charge in [0.1, 0.15) is 0 Å². The van der Waals surface area contributed by atoms with Gasteiger partial charge in [-0.3, -0.25) is 0 Å². The van der Waals surface area contributed by atoms with E-state index < -0.39 is 0 Å². The highest BCUT2D eigenvalue weighted by molar-refractivity contribution is 5.41. The number of hydrogen-bond donors (Lipinski definition) is 0. The molecule has 0 fully saturated rings. The van der Waals surface area contributed by atoms with Crippen molar-refractivity contribution >= 4 is 0 Å². The molecular weight excluding hydrogens is 236 g/mol.